The van der Waals surface area contributed by atoms with Crippen LogP contribution in [-0.2, 0) is 22.6 Å². The smallest absolute Gasteiger partial charge is 0.337 e. The summed E-state index contributed by atoms with van der Waals surface area (Å²) in [4.78, 5) is 23.7. The fourth-order valence-corrected chi connectivity index (χ4v) is 4.47. The molecule has 1 N–H and O–H groups in total. The van der Waals surface area contributed by atoms with Gasteiger partial charge in [-0.15, -0.1) is 0 Å². The Balaban J connectivity index is 2.03. The molecule has 1 aliphatic rings. The second-order valence-corrected chi connectivity index (χ2v) is 9.66. The van der Waals surface area contributed by atoms with Crippen LogP contribution in [0, 0.1) is 0 Å². The molecule has 0 radical (unpaired) electrons. The third kappa shape index (κ3) is 5.28. The van der Waals surface area contributed by atoms with Crippen molar-refractivity contribution in [1.29, 1.82) is 0 Å². The molecule has 1 atom stereocenters. The van der Waals surface area contributed by atoms with Gasteiger partial charge in [0.05, 0.1) is 12.2 Å². The van der Waals surface area contributed by atoms with Crippen molar-refractivity contribution in [2.75, 3.05) is 6.61 Å². The van der Waals surface area contributed by atoms with E-state index in [1.54, 1.807) is 45.0 Å². The van der Waals surface area contributed by atoms with Gasteiger partial charge in [-0.3, -0.25) is 4.79 Å². The first-order valence-electron chi connectivity index (χ1n) is 11.7. The van der Waals surface area contributed by atoms with Crippen molar-refractivity contribution in [3.8, 4) is 28.0 Å². The van der Waals surface area contributed by atoms with Crippen LogP contribution < -0.4 is 4.74 Å². The summed E-state index contributed by atoms with van der Waals surface area (Å²) in [5.74, 6) is -0.383. The number of aryl methyl sites for hydroxylation is 1. The van der Waals surface area contributed by atoms with E-state index in [2.05, 4.69) is 0 Å². The molecule has 5 nitrogen and oxygen atoms in total. The number of aliphatic carboxylic acids is 1. The maximum absolute atomic E-state index is 14.3. The summed E-state index contributed by atoms with van der Waals surface area (Å²) in [6, 6.07) is 16.2. The minimum absolute atomic E-state index is 0.263. The lowest BCUT2D eigenvalue weighted by Gasteiger charge is -2.29. The molecule has 0 bridgehead atoms. The number of aldehydes is 1. The minimum atomic E-state index is -1.38. The van der Waals surface area contributed by atoms with Crippen molar-refractivity contribution in [2.24, 2.45) is 0 Å². The zero-order valence-electron chi connectivity index (χ0n) is 20.1. The summed E-state index contributed by atoms with van der Waals surface area (Å²) in [6.07, 6.45) is 1.12. The van der Waals surface area contributed by atoms with Crippen molar-refractivity contribution in [3.63, 3.8) is 0 Å². The molecule has 3 aromatic carbocycles. The van der Waals surface area contributed by atoms with Gasteiger partial charge in [0.2, 0.25) is 0 Å². The van der Waals surface area contributed by atoms with E-state index >= 15 is 0 Å². The predicted molar refractivity (Wildman–Crippen MR) is 133 cm³/mol. The van der Waals surface area contributed by atoms with E-state index in [0.717, 1.165) is 47.1 Å². The van der Waals surface area contributed by atoms with Gasteiger partial charge >= 0.3 is 5.97 Å². The highest BCUT2D eigenvalue weighted by Gasteiger charge is 2.33. The van der Waals surface area contributed by atoms with Crippen LogP contribution in [0.1, 0.15) is 60.3 Å². The van der Waals surface area contributed by atoms with Crippen LogP contribution in [0.25, 0.3) is 22.3 Å². The van der Waals surface area contributed by atoms with Crippen molar-refractivity contribution in [2.45, 2.75) is 52.0 Å². The lowest BCUT2D eigenvalue weighted by Crippen LogP contribution is -2.28. The fourth-order valence-electron chi connectivity index (χ4n) is 4.47. The van der Waals surface area contributed by atoms with Crippen molar-refractivity contribution in [3.05, 3.63) is 76.9 Å². The summed E-state index contributed by atoms with van der Waals surface area (Å²) in [5.41, 5.74) is 4.21. The maximum atomic E-state index is 14.3. The first kappa shape index (κ1) is 24.6. The number of hydrogen-bond donors (Lipinski definition) is 1. The highest BCUT2D eigenvalue weighted by atomic mass is 19.1. The number of carbonyl (C=O) groups is 2. The van der Waals surface area contributed by atoms with E-state index in [1.165, 1.54) is 0 Å². The summed E-state index contributed by atoms with van der Waals surface area (Å²) < 4.78 is 26.1. The number of alkyl halides is 1. The van der Waals surface area contributed by atoms with Gasteiger partial charge in [0.1, 0.15) is 18.7 Å². The molecule has 0 aromatic heterocycles. The summed E-state index contributed by atoms with van der Waals surface area (Å²) in [5, 5.41) is 10.2. The summed E-state index contributed by atoms with van der Waals surface area (Å²) in [6.45, 7) is 5.14. The van der Waals surface area contributed by atoms with Crippen LogP contribution in [0.5, 0.6) is 5.75 Å². The third-order valence-electron chi connectivity index (χ3n) is 5.99. The van der Waals surface area contributed by atoms with Crippen molar-refractivity contribution in [1.82, 2.24) is 0 Å². The van der Waals surface area contributed by atoms with Crippen molar-refractivity contribution >= 4 is 12.3 Å². The van der Waals surface area contributed by atoms with E-state index < -0.39 is 24.3 Å². The molecule has 0 amide bonds. The van der Waals surface area contributed by atoms with E-state index in [0.29, 0.717) is 23.3 Å². The van der Waals surface area contributed by atoms with Gasteiger partial charge < -0.3 is 14.6 Å². The van der Waals surface area contributed by atoms with Crippen LogP contribution in [-0.4, -0.2) is 29.6 Å². The zero-order chi connectivity index (χ0) is 25.2. The average Bonchev–Trinajstić information content (AvgIpc) is 2.85. The number of fused-ring (bicyclic) bond motifs is 1. The molecule has 1 aliphatic heterocycles. The Bertz CT molecular complexity index is 1240. The van der Waals surface area contributed by atoms with Crippen LogP contribution >= 0.6 is 0 Å². The van der Waals surface area contributed by atoms with Crippen molar-refractivity contribution < 1.29 is 28.6 Å². The number of carboxylic acids is 1. The topological polar surface area (TPSA) is 72.8 Å². The molecule has 1 heterocycles. The second-order valence-electron chi connectivity index (χ2n) is 9.66. The molecule has 6 heteroatoms. The van der Waals surface area contributed by atoms with Gasteiger partial charge in [0, 0.05) is 11.1 Å². The SMILES string of the molecule is CC(C)(C)OC(C(=O)O)c1c(CF)ccc(-c2ccc(C=O)cc2)c1-c1ccc2c(c1)CCCO2. The van der Waals surface area contributed by atoms with Crippen LogP contribution in [0.15, 0.2) is 54.6 Å². The molecule has 35 heavy (non-hydrogen) atoms. The minimum Gasteiger partial charge on any atom is -0.493 e. The Morgan fingerprint density at radius 1 is 1.11 bits per heavy atom. The standard InChI is InChI=1S/C29H29FO5/c1-29(2,3)35-27(28(32)33)26-22(16-30)10-12-23(19-8-6-18(17-31)7-9-19)25(26)21-11-13-24-20(15-21)5-4-14-34-24/h6-13,15,17,27H,4-5,14,16H2,1-3H3,(H,32,33). The van der Waals surface area contributed by atoms with E-state index in [4.69, 9.17) is 9.47 Å². The highest BCUT2D eigenvalue weighted by molar-refractivity contribution is 5.91. The van der Waals surface area contributed by atoms with Crippen LogP contribution in [0.4, 0.5) is 4.39 Å². The lowest BCUT2D eigenvalue weighted by molar-refractivity contribution is -0.160. The number of ether oxygens (including phenoxy) is 2. The van der Waals surface area contributed by atoms with Gasteiger partial charge in [0.25, 0.3) is 0 Å². The normalized spacial score (nSPS) is 14.1. The molecule has 0 saturated heterocycles. The predicted octanol–water partition coefficient (Wildman–Crippen LogP) is 6.57. The summed E-state index contributed by atoms with van der Waals surface area (Å²) in [7, 11) is 0. The van der Waals surface area contributed by atoms with Crippen LogP contribution in [0.3, 0.4) is 0 Å². The quantitative estimate of drug-likeness (QED) is 0.391. The fraction of sp³-hybridized carbons (Fsp3) is 0.310. The van der Waals surface area contributed by atoms with Gasteiger partial charge in [-0.1, -0.05) is 42.5 Å². The van der Waals surface area contributed by atoms with E-state index in [1.807, 2.05) is 30.3 Å². The molecule has 0 aliphatic carbocycles. The Kier molecular flexibility index (Phi) is 7.03. The number of halogens is 1. The molecular formula is C29H29FO5. The number of carbonyl (C=O) groups excluding carboxylic acids is 1. The molecule has 3 aromatic rings. The lowest BCUT2D eigenvalue weighted by atomic mass is 9.84. The molecule has 0 fully saturated rings. The first-order valence-corrected chi connectivity index (χ1v) is 11.7. The number of carboxylic acid groups (broad SMARTS) is 1. The first-order chi connectivity index (χ1) is 16.7. The highest BCUT2D eigenvalue weighted by Crippen LogP contribution is 2.43. The second kappa shape index (κ2) is 10.0. The molecular weight excluding hydrogens is 447 g/mol. The molecule has 1 unspecified atom stereocenters. The Hall–Kier alpha value is -3.51. The van der Waals surface area contributed by atoms with Gasteiger partial charge in [-0.25, -0.2) is 9.18 Å². The maximum Gasteiger partial charge on any atom is 0.337 e. The Morgan fingerprint density at radius 2 is 1.83 bits per heavy atom. The van der Waals surface area contributed by atoms with Gasteiger partial charge in [-0.2, -0.15) is 0 Å². The Labute approximate surface area is 204 Å². The molecule has 0 saturated carbocycles. The third-order valence-corrected chi connectivity index (χ3v) is 5.99. The molecule has 0 spiro atoms. The largest absolute Gasteiger partial charge is 0.493 e. The average molecular weight is 477 g/mol. The molecule has 4 rings (SSSR count). The Morgan fingerprint density at radius 3 is 2.46 bits per heavy atom. The monoisotopic (exact) mass is 476 g/mol. The summed E-state index contributed by atoms with van der Waals surface area (Å²) >= 11 is 0. The number of benzene rings is 3. The van der Waals surface area contributed by atoms with Gasteiger partial charge in [-0.05, 0) is 79.1 Å². The zero-order valence-corrected chi connectivity index (χ0v) is 20.1. The van der Waals surface area contributed by atoms with Crippen LogP contribution in [0.2, 0.25) is 0 Å². The van der Waals surface area contributed by atoms with Gasteiger partial charge in [0.15, 0.2) is 6.10 Å². The van der Waals surface area contributed by atoms with E-state index in [-0.39, 0.29) is 5.56 Å². The van der Waals surface area contributed by atoms with E-state index in [9.17, 15) is 19.1 Å². The molecule has 182 valence electrons. The number of rotatable bonds is 7. The number of hydrogen-bond acceptors (Lipinski definition) is 4.